The van der Waals surface area contributed by atoms with Crippen LogP contribution in [0.5, 0.6) is 0 Å². The lowest BCUT2D eigenvalue weighted by atomic mass is 10.2. The topological polar surface area (TPSA) is 37.4 Å². The Kier molecular flexibility index (Phi) is 3.71. The summed E-state index contributed by atoms with van der Waals surface area (Å²) in [5.41, 5.74) is 0.937. The Hall–Kier alpha value is -0.330. The van der Waals surface area contributed by atoms with Crippen LogP contribution in [0.25, 0.3) is 0 Å². The van der Waals surface area contributed by atoms with E-state index in [0.29, 0.717) is 6.54 Å². The number of amides is 2. The summed E-state index contributed by atoms with van der Waals surface area (Å²) < 4.78 is 0.540. The van der Waals surface area contributed by atoms with E-state index < -0.39 is 4.16 Å². The van der Waals surface area contributed by atoms with Crippen LogP contribution in [0.2, 0.25) is 0 Å². The minimum Gasteiger partial charge on any atom is -0.272 e. The Balaban J connectivity index is 2.13. The number of hydrogen-bond acceptors (Lipinski definition) is 3. The van der Waals surface area contributed by atoms with Crippen molar-refractivity contribution in [3.8, 4) is 0 Å². The molecule has 2 amide bonds. The molecule has 0 aliphatic carbocycles. The van der Waals surface area contributed by atoms with E-state index in [1.54, 1.807) is 0 Å². The third-order valence-corrected chi connectivity index (χ3v) is 4.45. The lowest BCUT2D eigenvalue weighted by molar-refractivity contribution is -0.125. The lowest BCUT2D eigenvalue weighted by Crippen LogP contribution is -2.29. The first-order chi connectivity index (χ1) is 7.58. The Labute approximate surface area is 114 Å². The number of thioether (sulfide) groups is 1. The molecule has 16 heavy (non-hydrogen) atoms. The Bertz CT molecular complexity index is 435. The van der Waals surface area contributed by atoms with Crippen molar-refractivity contribution < 1.29 is 9.59 Å². The van der Waals surface area contributed by atoms with Crippen LogP contribution in [0, 0.1) is 0 Å². The van der Waals surface area contributed by atoms with Gasteiger partial charge in [-0.25, -0.2) is 0 Å². The maximum absolute atomic E-state index is 11.6. The zero-order valence-electron chi connectivity index (χ0n) is 8.02. The van der Waals surface area contributed by atoms with E-state index in [1.807, 2.05) is 24.3 Å². The molecule has 0 aromatic heterocycles. The van der Waals surface area contributed by atoms with Gasteiger partial charge in [-0.1, -0.05) is 44.0 Å². The summed E-state index contributed by atoms with van der Waals surface area (Å²) in [5, 5.41) is -0.199. The summed E-state index contributed by atoms with van der Waals surface area (Å²) in [6, 6.07) is 7.55. The molecule has 6 heteroatoms. The van der Waals surface area contributed by atoms with Crippen molar-refractivity contribution in [2.45, 2.75) is 10.7 Å². The maximum Gasteiger partial charge on any atom is 0.290 e. The van der Waals surface area contributed by atoms with Crippen LogP contribution in [0.3, 0.4) is 0 Å². The maximum atomic E-state index is 11.6. The molecule has 1 unspecified atom stereocenters. The molecule has 0 bridgehead atoms. The van der Waals surface area contributed by atoms with Gasteiger partial charge in [0.1, 0.15) is 4.16 Å². The van der Waals surface area contributed by atoms with E-state index in [-0.39, 0.29) is 11.1 Å². The van der Waals surface area contributed by atoms with Crippen molar-refractivity contribution in [1.82, 2.24) is 4.90 Å². The highest BCUT2D eigenvalue weighted by Gasteiger charge is 2.37. The van der Waals surface area contributed by atoms with Crippen LogP contribution in [0.4, 0.5) is 4.79 Å². The van der Waals surface area contributed by atoms with E-state index in [1.165, 1.54) is 4.90 Å². The van der Waals surface area contributed by atoms with Crippen molar-refractivity contribution >= 4 is 54.8 Å². The molecule has 1 aliphatic heterocycles. The van der Waals surface area contributed by atoms with Gasteiger partial charge in [0.25, 0.3) is 11.1 Å². The number of rotatable bonds is 2. The number of alkyl halides is 1. The average Bonchev–Trinajstić information content (AvgIpc) is 2.48. The van der Waals surface area contributed by atoms with Crippen molar-refractivity contribution in [3.05, 3.63) is 34.3 Å². The minimum atomic E-state index is -0.435. The SMILES string of the molecule is O=C1SC(Br)C(=O)N1Cc1ccc(Br)cc1. The second kappa shape index (κ2) is 4.89. The van der Waals surface area contributed by atoms with E-state index in [2.05, 4.69) is 31.9 Å². The van der Waals surface area contributed by atoms with Crippen LogP contribution in [-0.2, 0) is 11.3 Å². The third-order valence-electron chi connectivity index (χ3n) is 2.14. The Morgan fingerprint density at radius 1 is 1.25 bits per heavy atom. The number of benzene rings is 1. The van der Waals surface area contributed by atoms with Crippen LogP contribution in [0.1, 0.15) is 5.56 Å². The molecule has 1 atom stereocenters. The fourth-order valence-electron chi connectivity index (χ4n) is 1.33. The third kappa shape index (κ3) is 2.49. The Morgan fingerprint density at radius 3 is 2.38 bits per heavy atom. The smallest absolute Gasteiger partial charge is 0.272 e. The van der Waals surface area contributed by atoms with Gasteiger partial charge in [-0.15, -0.1) is 0 Å². The first-order valence-corrected chi connectivity index (χ1v) is 7.07. The number of halogens is 2. The van der Waals surface area contributed by atoms with Crippen molar-refractivity contribution in [1.29, 1.82) is 0 Å². The zero-order chi connectivity index (χ0) is 11.7. The molecule has 1 aromatic rings. The molecule has 2 rings (SSSR count). The van der Waals surface area contributed by atoms with Crippen molar-refractivity contribution in [2.24, 2.45) is 0 Å². The second-order valence-electron chi connectivity index (χ2n) is 3.25. The summed E-state index contributed by atoms with van der Waals surface area (Å²) in [5.74, 6) is -0.182. The van der Waals surface area contributed by atoms with E-state index in [9.17, 15) is 9.59 Å². The summed E-state index contributed by atoms with van der Waals surface area (Å²) in [6.07, 6.45) is 0. The number of nitrogens with zero attached hydrogens (tertiary/aromatic N) is 1. The Morgan fingerprint density at radius 2 is 1.88 bits per heavy atom. The van der Waals surface area contributed by atoms with Gasteiger partial charge in [0, 0.05) is 4.47 Å². The van der Waals surface area contributed by atoms with Gasteiger partial charge in [0.2, 0.25) is 0 Å². The molecule has 1 fully saturated rings. The highest BCUT2D eigenvalue weighted by molar-refractivity contribution is 9.12. The second-order valence-corrected chi connectivity index (χ2v) is 6.74. The van der Waals surface area contributed by atoms with Crippen molar-refractivity contribution in [3.63, 3.8) is 0 Å². The minimum absolute atomic E-state index is 0.182. The number of carbonyl (C=O) groups excluding carboxylic acids is 2. The fraction of sp³-hybridized carbons (Fsp3) is 0.200. The molecule has 84 valence electrons. The monoisotopic (exact) mass is 363 g/mol. The average molecular weight is 365 g/mol. The van der Waals surface area contributed by atoms with Crippen molar-refractivity contribution in [2.75, 3.05) is 0 Å². The summed E-state index contributed by atoms with van der Waals surface area (Å²) in [4.78, 5) is 24.4. The molecule has 0 N–H and O–H groups in total. The van der Waals surface area contributed by atoms with Crippen LogP contribution in [-0.4, -0.2) is 20.2 Å². The zero-order valence-corrected chi connectivity index (χ0v) is 12.0. The molecular formula is C10H7Br2NO2S. The number of hydrogen-bond donors (Lipinski definition) is 0. The highest BCUT2D eigenvalue weighted by Crippen LogP contribution is 2.32. The molecule has 1 aliphatic rings. The highest BCUT2D eigenvalue weighted by atomic mass is 79.9. The fourth-order valence-corrected chi connectivity index (χ4v) is 3.01. The largest absolute Gasteiger partial charge is 0.290 e. The van der Waals surface area contributed by atoms with Crippen LogP contribution < -0.4 is 0 Å². The first kappa shape index (κ1) is 12.1. The van der Waals surface area contributed by atoms with Gasteiger partial charge in [0.05, 0.1) is 6.54 Å². The normalized spacial score (nSPS) is 20.6. The molecule has 0 spiro atoms. The number of imide groups is 1. The summed E-state index contributed by atoms with van der Waals surface area (Å²) >= 11 is 7.49. The summed E-state index contributed by atoms with van der Waals surface area (Å²) in [7, 11) is 0. The quantitative estimate of drug-likeness (QED) is 0.755. The van der Waals surface area contributed by atoms with E-state index in [4.69, 9.17) is 0 Å². The summed E-state index contributed by atoms with van der Waals surface area (Å²) in [6.45, 7) is 0.333. The van der Waals surface area contributed by atoms with Gasteiger partial charge < -0.3 is 0 Å². The molecule has 1 saturated heterocycles. The molecule has 1 heterocycles. The van der Waals surface area contributed by atoms with Gasteiger partial charge in [-0.05, 0) is 29.5 Å². The molecular weight excluding hydrogens is 358 g/mol. The van der Waals surface area contributed by atoms with E-state index >= 15 is 0 Å². The molecule has 3 nitrogen and oxygen atoms in total. The predicted octanol–water partition coefficient (Wildman–Crippen LogP) is 3.37. The van der Waals surface area contributed by atoms with Gasteiger partial charge >= 0.3 is 0 Å². The molecule has 0 saturated carbocycles. The lowest BCUT2D eigenvalue weighted by Gasteiger charge is -2.12. The standard InChI is InChI=1S/C10H7Br2NO2S/c11-7-3-1-6(2-4-7)5-13-9(14)8(12)16-10(13)15/h1-4,8H,5H2. The van der Waals surface area contributed by atoms with Gasteiger partial charge in [-0.3, -0.25) is 14.5 Å². The molecule has 0 radical (unpaired) electrons. The van der Waals surface area contributed by atoms with E-state index in [0.717, 1.165) is 21.8 Å². The van der Waals surface area contributed by atoms with Gasteiger partial charge in [-0.2, -0.15) is 0 Å². The first-order valence-electron chi connectivity index (χ1n) is 4.48. The van der Waals surface area contributed by atoms with Crippen LogP contribution >= 0.6 is 43.6 Å². The molecule has 1 aromatic carbocycles. The number of carbonyl (C=O) groups is 2. The van der Waals surface area contributed by atoms with Crippen LogP contribution in [0.15, 0.2) is 28.7 Å². The van der Waals surface area contributed by atoms with Gasteiger partial charge in [0.15, 0.2) is 0 Å². The predicted molar refractivity (Wildman–Crippen MR) is 70.4 cm³/mol.